The van der Waals surface area contributed by atoms with Crippen molar-refractivity contribution in [2.24, 2.45) is 7.05 Å². The van der Waals surface area contributed by atoms with Gasteiger partial charge in [-0.1, -0.05) is 19.3 Å². The number of carbonyl (C=O) groups excluding carboxylic acids is 1. The van der Waals surface area contributed by atoms with Gasteiger partial charge in [-0.15, -0.1) is 11.6 Å². The smallest absolute Gasteiger partial charge is 0.269 e. The van der Waals surface area contributed by atoms with Crippen LogP contribution in [0, 0.1) is 6.92 Å². The van der Waals surface area contributed by atoms with Crippen LogP contribution in [0.1, 0.15) is 48.3 Å². The van der Waals surface area contributed by atoms with Crippen molar-refractivity contribution in [1.29, 1.82) is 0 Å². The second kappa shape index (κ2) is 5.74. The lowest BCUT2D eigenvalue weighted by Gasteiger charge is -2.21. The van der Waals surface area contributed by atoms with E-state index in [1.165, 1.54) is 6.42 Å². The minimum absolute atomic E-state index is 0.0470. The number of nitrogens with one attached hydrogen (secondary N) is 1. The lowest BCUT2D eigenvalue weighted by Crippen LogP contribution is -2.41. The molecule has 2 rings (SSSR count). The molecule has 1 aromatic heterocycles. The molecule has 0 aromatic carbocycles. The van der Waals surface area contributed by atoms with Crippen molar-refractivity contribution in [1.82, 2.24) is 15.1 Å². The number of aryl methyl sites for hydroxylation is 2. The molecule has 2 unspecified atom stereocenters. The van der Waals surface area contributed by atoms with Crippen LogP contribution in [0.5, 0.6) is 0 Å². The largest absolute Gasteiger partial charge is 0.346 e. The highest BCUT2D eigenvalue weighted by Gasteiger charge is 2.24. The average molecular weight is 270 g/mol. The number of alkyl halides is 1. The van der Waals surface area contributed by atoms with Crippen LogP contribution in [0.4, 0.5) is 0 Å². The number of rotatable bonds is 2. The van der Waals surface area contributed by atoms with Gasteiger partial charge in [-0.2, -0.15) is 5.10 Å². The molecule has 0 spiro atoms. The van der Waals surface area contributed by atoms with Crippen LogP contribution in [-0.4, -0.2) is 27.1 Å². The van der Waals surface area contributed by atoms with E-state index in [4.69, 9.17) is 11.6 Å². The van der Waals surface area contributed by atoms with Crippen molar-refractivity contribution >= 4 is 17.5 Å². The van der Waals surface area contributed by atoms with Crippen LogP contribution in [0.2, 0.25) is 0 Å². The Labute approximate surface area is 113 Å². The van der Waals surface area contributed by atoms with Gasteiger partial charge >= 0.3 is 0 Å². The van der Waals surface area contributed by atoms with Crippen LogP contribution >= 0.6 is 11.6 Å². The summed E-state index contributed by atoms with van der Waals surface area (Å²) in [7, 11) is 1.78. The molecule has 0 radical (unpaired) electrons. The number of nitrogens with zero attached hydrogens (tertiary/aromatic N) is 2. The number of hydrogen-bond acceptors (Lipinski definition) is 2. The predicted molar refractivity (Wildman–Crippen MR) is 71.9 cm³/mol. The third-order valence-electron chi connectivity index (χ3n) is 3.48. The fraction of sp³-hybridized carbons (Fsp3) is 0.692. The van der Waals surface area contributed by atoms with Gasteiger partial charge in [-0.3, -0.25) is 9.48 Å². The van der Waals surface area contributed by atoms with Gasteiger partial charge in [0, 0.05) is 13.1 Å². The maximum atomic E-state index is 12.2. The molecule has 1 aromatic rings. The Hall–Kier alpha value is -1.03. The molecule has 0 aliphatic heterocycles. The zero-order valence-electron chi connectivity index (χ0n) is 10.9. The van der Waals surface area contributed by atoms with Gasteiger partial charge in [0.05, 0.1) is 11.1 Å². The number of halogens is 1. The second-order valence-electron chi connectivity index (χ2n) is 5.03. The highest BCUT2D eigenvalue weighted by molar-refractivity contribution is 6.21. The van der Waals surface area contributed by atoms with E-state index in [1.807, 2.05) is 6.92 Å². The van der Waals surface area contributed by atoms with E-state index in [9.17, 15) is 4.79 Å². The number of carbonyl (C=O) groups is 1. The fourth-order valence-corrected chi connectivity index (χ4v) is 2.83. The minimum Gasteiger partial charge on any atom is -0.346 e. The van der Waals surface area contributed by atoms with Crippen molar-refractivity contribution in [2.75, 3.05) is 0 Å². The number of amides is 1. The van der Waals surface area contributed by atoms with Crippen LogP contribution in [0.15, 0.2) is 6.07 Å². The zero-order valence-corrected chi connectivity index (χ0v) is 11.7. The quantitative estimate of drug-likeness (QED) is 0.662. The third kappa shape index (κ3) is 3.05. The van der Waals surface area contributed by atoms with Gasteiger partial charge in [-0.05, 0) is 25.8 Å². The van der Waals surface area contributed by atoms with Gasteiger partial charge < -0.3 is 5.32 Å². The van der Waals surface area contributed by atoms with Crippen LogP contribution in [-0.2, 0) is 7.05 Å². The Morgan fingerprint density at radius 2 is 2.17 bits per heavy atom. The van der Waals surface area contributed by atoms with Crippen molar-refractivity contribution in [3.05, 3.63) is 17.5 Å². The standard InChI is InChI=1S/C13H20ClN3O/c1-9-8-12(17(2)16-9)13(18)15-11-7-5-3-4-6-10(11)14/h8,10-11H,3-7H2,1-2H3,(H,15,18). The van der Waals surface area contributed by atoms with Crippen molar-refractivity contribution in [3.63, 3.8) is 0 Å². The monoisotopic (exact) mass is 269 g/mol. The maximum absolute atomic E-state index is 12.2. The first-order valence-corrected chi connectivity index (χ1v) is 6.97. The van der Waals surface area contributed by atoms with Gasteiger partial charge in [0.1, 0.15) is 5.69 Å². The van der Waals surface area contributed by atoms with E-state index in [2.05, 4.69) is 10.4 Å². The number of aromatic nitrogens is 2. The molecule has 4 nitrogen and oxygen atoms in total. The van der Waals surface area contributed by atoms with Crippen molar-refractivity contribution in [2.45, 2.75) is 50.4 Å². The van der Waals surface area contributed by atoms with Gasteiger partial charge in [0.2, 0.25) is 0 Å². The SMILES string of the molecule is Cc1cc(C(=O)NC2CCCCCC2Cl)n(C)n1. The van der Waals surface area contributed by atoms with Crippen LogP contribution in [0.3, 0.4) is 0 Å². The van der Waals surface area contributed by atoms with Crippen LogP contribution < -0.4 is 5.32 Å². The Morgan fingerprint density at radius 3 is 2.83 bits per heavy atom. The van der Waals surface area contributed by atoms with E-state index in [1.54, 1.807) is 17.8 Å². The summed E-state index contributed by atoms with van der Waals surface area (Å²) in [5.74, 6) is -0.0735. The first kappa shape index (κ1) is 13.4. The number of hydrogen-bond donors (Lipinski definition) is 1. The fourth-order valence-electron chi connectivity index (χ4n) is 2.49. The molecular formula is C13H20ClN3O. The Kier molecular flexibility index (Phi) is 4.27. The topological polar surface area (TPSA) is 46.9 Å². The van der Waals surface area contributed by atoms with Crippen LogP contribution in [0.25, 0.3) is 0 Å². The molecule has 1 heterocycles. The predicted octanol–water partition coefficient (Wildman–Crippen LogP) is 2.40. The Morgan fingerprint density at radius 1 is 1.44 bits per heavy atom. The maximum Gasteiger partial charge on any atom is 0.269 e. The molecule has 5 heteroatoms. The molecule has 1 N–H and O–H groups in total. The van der Waals surface area contributed by atoms with Gasteiger partial charge in [0.15, 0.2) is 0 Å². The molecular weight excluding hydrogens is 250 g/mol. The van der Waals surface area contributed by atoms with Crippen molar-refractivity contribution < 1.29 is 4.79 Å². The van der Waals surface area contributed by atoms with Crippen molar-refractivity contribution in [3.8, 4) is 0 Å². The minimum atomic E-state index is -0.0735. The molecule has 1 fully saturated rings. The first-order chi connectivity index (χ1) is 8.58. The van der Waals surface area contributed by atoms with E-state index >= 15 is 0 Å². The van der Waals surface area contributed by atoms with Gasteiger partial charge in [-0.25, -0.2) is 0 Å². The summed E-state index contributed by atoms with van der Waals surface area (Å²) in [6.45, 7) is 1.88. The summed E-state index contributed by atoms with van der Waals surface area (Å²) in [4.78, 5) is 12.2. The normalized spacial score (nSPS) is 24.6. The summed E-state index contributed by atoms with van der Waals surface area (Å²) in [6, 6.07) is 1.88. The molecule has 1 amide bonds. The highest BCUT2D eigenvalue weighted by Crippen LogP contribution is 2.22. The summed E-state index contributed by atoms with van der Waals surface area (Å²) >= 11 is 6.33. The summed E-state index contributed by atoms with van der Waals surface area (Å²) in [5, 5.41) is 7.28. The molecule has 18 heavy (non-hydrogen) atoms. The summed E-state index contributed by atoms with van der Waals surface area (Å²) in [6.07, 6.45) is 5.46. The van der Waals surface area contributed by atoms with E-state index < -0.39 is 0 Å². The molecule has 0 bridgehead atoms. The van der Waals surface area contributed by atoms with Gasteiger partial charge in [0.25, 0.3) is 5.91 Å². The molecule has 2 atom stereocenters. The zero-order chi connectivity index (χ0) is 13.1. The molecule has 1 saturated carbocycles. The lowest BCUT2D eigenvalue weighted by molar-refractivity contribution is 0.0924. The average Bonchev–Trinajstić information content (AvgIpc) is 2.52. The highest BCUT2D eigenvalue weighted by atomic mass is 35.5. The molecule has 1 aliphatic rings. The lowest BCUT2D eigenvalue weighted by atomic mass is 10.1. The first-order valence-electron chi connectivity index (χ1n) is 6.53. The van der Waals surface area contributed by atoms with E-state index in [-0.39, 0.29) is 17.3 Å². The molecule has 1 aliphatic carbocycles. The third-order valence-corrected chi connectivity index (χ3v) is 4.01. The van der Waals surface area contributed by atoms with E-state index in [0.29, 0.717) is 5.69 Å². The van der Waals surface area contributed by atoms with E-state index in [0.717, 1.165) is 31.4 Å². The molecule has 100 valence electrons. The summed E-state index contributed by atoms with van der Waals surface area (Å²) in [5.41, 5.74) is 1.45. The molecule has 0 saturated heterocycles. The Balaban J connectivity index is 2.04. The summed E-state index contributed by atoms with van der Waals surface area (Å²) < 4.78 is 1.62. The second-order valence-corrected chi connectivity index (χ2v) is 5.59. The Bertz CT molecular complexity index is 430.